The number of methoxy groups -OCH3 is 1. The minimum atomic E-state index is -3.87. The Hall–Kier alpha value is -2.23. The monoisotopic (exact) mass is 398 g/mol. The summed E-state index contributed by atoms with van der Waals surface area (Å²) in [7, 11) is -2.38. The Kier molecular flexibility index (Phi) is 9.70. The van der Waals surface area contributed by atoms with Gasteiger partial charge < -0.3 is 14.8 Å². The van der Waals surface area contributed by atoms with Crippen molar-refractivity contribution >= 4 is 28.0 Å². The molecule has 0 aliphatic heterocycles. The third-order valence-corrected chi connectivity index (χ3v) is 4.50. The van der Waals surface area contributed by atoms with Gasteiger partial charge in [-0.3, -0.25) is 9.59 Å². The van der Waals surface area contributed by atoms with Gasteiger partial charge in [-0.25, -0.2) is 8.42 Å². The molecule has 8 nitrogen and oxygen atoms in total. The van der Waals surface area contributed by atoms with Gasteiger partial charge in [0.2, 0.25) is 10.0 Å². The van der Waals surface area contributed by atoms with E-state index in [0.29, 0.717) is 12.2 Å². The highest BCUT2D eigenvalue weighted by atomic mass is 32.2. The second-order valence-corrected chi connectivity index (χ2v) is 7.65. The van der Waals surface area contributed by atoms with Crippen LogP contribution in [0.1, 0.15) is 19.4 Å². The Labute approximate surface area is 160 Å². The fourth-order valence-electron chi connectivity index (χ4n) is 1.97. The smallest absolute Gasteiger partial charge is 0.324 e. The zero-order valence-electron chi connectivity index (χ0n) is 15.7. The van der Waals surface area contributed by atoms with Crippen molar-refractivity contribution in [2.75, 3.05) is 26.9 Å². The molecule has 0 radical (unpaired) electrons. The molecule has 2 N–H and O–H groups in total. The number of benzene rings is 1. The summed E-state index contributed by atoms with van der Waals surface area (Å²) in [6.45, 7) is 3.48. The molecule has 150 valence electrons. The number of hydrogen-bond donors (Lipinski definition) is 2. The van der Waals surface area contributed by atoms with Crippen molar-refractivity contribution < 1.29 is 27.5 Å². The van der Waals surface area contributed by atoms with Gasteiger partial charge in [0, 0.05) is 19.1 Å². The Morgan fingerprint density at radius 3 is 2.44 bits per heavy atom. The van der Waals surface area contributed by atoms with Gasteiger partial charge in [0.05, 0.1) is 6.61 Å². The first kappa shape index (κ1) is 22.8. The van der Waals surface area contributed by atoms with Crippen LogP contribution in [0.15, 0.2) is 35.7 Å². The van der Waals surface area contributed by atoms with Crippen LogP contribution < -0.4 is 10.0 Å². The molecule has 0 aromatic heterocycles. The first-order chi connectivity index (χ1) is 12.7. The van der Waals surface area contributed by atoms with Crippen molar-refractivity contribution in [1.82, 2.24) is 10.0 Å². The molecule has 0 saturated carbocycles. The van der Waals surface area contributed by atoms with Gasteiger partial charge in [-0.15, -0.1) is 0 Å². The molecule has 1 atom stereocenters. The van der Waals surface area contributed by atoms with Crippen LogP contribution in [0.3, 0.4) is 0 Å². The summed E-state index contributed by atoms with van der Waals surface area (Å²) in [5.74, 6) is -1.67. The van der Waals surface area contributed by atoms with Gasteiger partial charge in [-0.2, -0.15) is 4.72 Å². The van der Waals surface area contributed by atoms with E-state index in [-0.39, 0.29) is 12.5 Å². The molecule has 9 heteroatoms. The lowest BCUT2D eigenvalue weighted by molar-refractivity contribution is -0.151. The van der Waals surface area contributed by atoms with E-state index in [0.717, 1.165) is 5.41 Å². The van der Waals surface area contributed by atoms with Crippen LogP contribution in [0.5, 0.6) is 0 Å². The molecule has 0 heterocycles. The molecule has 0 aliphatic rings. The zero-order valence-corrected chi connectivity index (χ0v) is 16.5. The Morgan fingerprint density at radius 2 is 1.85 bits per heavy atom. The Morgan fingerprint density at radius 1 is 1.19 bits per heavy atom. The highest BCUT2D eigenvalue weighted by molar-refractivity contribution is 7.92. The van der Waals surface area contributed by atoms with E-state index in [9.17, 15) is 18.0 Å². The molecule has 1 amide bonds. The first-order valence-corrected chi connectivity index (χ1v) is 9.97. The number of amides is 1. The molecule has 0 saturated heterocycles. The second-order valence-electron chi connectivity index (χ2n) is 6.05. The van der Waals surface area contributed by atoms with E-state index in [1.807, 2.05) is 6.07 Å². The SMILES string of the molecule is COCCNC(=O)COC(=O)C(NS(=O)(=O)C=Cc1ccccc1)C(C)C. The zero-order chi connectivity index (χ0) is 20.3. The van der Waals surface area contributed by atoms with E-state index in [1.165, 1.54) is 13.2 Å². The lowest BCUT2D eigenvalue weighted by atomic mass is 10.1. The lowest BCUT2D eigenvalue weighted by Gasteiger charge is -2.19. The molecule has 0 spiro atoms. The van der Waals surface area contributed by atoms with Crippen LogP contribution in [-0.2, 0) is 29.1 Å². The molecule has 27 heavy (non-hydrogen) atoms. The highest BCUT2D eigenvalue weighted by Crippen LogP contribution is 2.08. The Balaban J connectivity index is 2.65. The third kappa shape index (κ3) is 9.32. The average molecular weight is 398 g/mol. The average Bonchev–Trinajstić information content (AvgIpc) is 2.63. The van der Waals surface area contributed by atoms with E-state index < -0.39 is 34.5 Å². The van der Waals surface area contributed by atoms with Crippen LogP contribution >= 0.6 is 0 Å². The quantitative estimate of drug-likeness (QED) is 0.423. The second kappa shape index (κ2) is 11.5. The normalized spacial score (nSPS) is 12.9. The number of carbonyl (C=O) groups is 2. The summed E-state index contributed by atoms with van der Waals surface area (Å²) in [5, 5.41) is 3.49. The summed E-state index contributed by atoms with van der Waals surface area (Å²) < 4.78 is 36.5. The molecule has 0 bridgehead atoms. The highest BCUT2D eigenvalue weighted by Gasteiger charge is 2.28. The minimum absolute atomic E-state index is 0.289. The number of nitrogens with one attached hydrogen (secondary N) is 2. The van der Waals surface area contributed by atoms with Crippen LogP contribution in [0.4, 0.5) is 0 Å². The maximum Gasteiger partial charge on any atom is 0.324 e. The Bertz CT molecular complexity index is 731. The molecule has 1 unspecified atom stereocenters. The van der Waals surface area contributed by atoms with Crippen LogP contribution in [0.2, 0.25) is 0 Å². The van der Waals surface area contributed by atoms with E-state index >= 15 is 0 Å². The van der Waals surface area contributed by atoms with Crippen molar-refractivity contribution in [3.63, 3.8) is 0 Å². The summed E-state index contributed by atoms with van der Waals surface area (Å²) in [5.41, 5.74) is 0.708. The predicted octanol–water partition coefficient (Wildman–Crippen LogP) is 0.907. The molecule has 1 rings (SSSR count). The van der Waals surface area contributed by atoms with Gasteiger partial charge in [-0.1, -0.05) is 44.2 Å². The number of carbonyl (C=O) groups excluding carboxylic acids is 2. The number of sulfonamides is 1. The summed E-state index contributed by atoms with van der Waals surface area (Å²) in [4.78, 5) is 23.8. The minimum Gasteiger partial charge on any atom is -0.454 e. The van der Waals surface area contributed by atoms with Gasteiger partial charge in [0.25, 0.3) is 5.91 Å². The molecule has 1 aromatic carbocycles. The molecular formula is C18H26N2O6S. The fraction of sp³-hybridized carbons (Fsp3) is 0.444. The standard InChI is InChI=1S/C18H26N2O6S/c1-14(2)17(18(22)26-13-16(21)19-10-11-25-3)20-27(23,24)12-9-15-7-5-4-6-8-15/h4-9,12,14,17,20H,10-11,13H2,1-3H3,(H,19,21). The fourth-order valence-corrected chi connectivity index (χ4v) is 3.11. The largest absolute Gasteiger partial charge is 0.454 e. The van der Waals surface area contributed by atoms with E-state index in [1.54, 1.807) is 38.1 Å². The summed E-state index contributed by atoms with van der Waals surface area (Å²) >= 11 is 0. The topological polar surface area (TPSA) is 111 Å². The van der Waals surface area contributed by atoms with Crippen molar-refractivity contribution in [2.45, 2.75) is 19.9 Å². The van der Waals surface area contributed by atoms with Crippen molar-refractivity contribution in [3.8, 4) is 0 Å². The number of esters is 1. The number of ether oxygens (including phenoxy) is 2. The van der Waals surface area contributed by atoms with Gasteiger partial charge in [0.15, 0.2) is 6.61 Å². The van der Waals surface area contributed by atoms with Crippen LogP contribution in [-0.4, -0.2) is 53.2 Å². The van der Waals surface area contributed by atoms with Gasteiger partial charge in [0.1, 0.15) is 6.04 Å². The third-order valence-electron chi connectivity index (χ3n) is 3.42. The van der Waals surface area contributed by atoms with Crippen molar-refractivity contribution in [2.24, 2.45) is 5.92 Å². The molecular weight excluding hydrogens is 372 g/mol. The molecule has 0 aliphatic carbocycles. The van der Waals surface area contributed by atoms with Gasteiger partial charge >= 0.3 is 5.97 Å². The first-order valence-electron chi connectivity index (χ1n) is 8.43. The number of hydrogen-bond acceptors (Lipinski definition) is 6. The summed E-state index contributed by atoms with van der Waals surface area (Å²) in [6.07, 6.45) is 1.42. The predicted molar refractivity (Wildman–Crippen MR) is 102 cm³/mol. The maximum atomic E-state index is 12.2. The molecule has 0 fully saturated rings. The van der Waals surface area contributed by atoms with Gasteiger partial charge in [-0.05, 0) is 17.6 Å². The maximum absolute atomic E-state index is 12.2. The number of rotatable bonds is 11. The van der Waals surface area contributed by atoms with E-state index in [2.05, 4.69) is 10.0 Å². The van der Waals surface area contributed by atoms with Crippen LogP contribution in [0, 0.1) is 5.92 Å². The lowest BCUT2D eigenvalue weighted by Crippen LogP contribution is -2.45. The van der Waals surface area contributed by atoms with Crippen molar-refractivity contribution in [3.05, 3.63) is 41.3 Å². The molecule has 1 aromatic rings. The summed E-state index contributed by atoms with van der Waals surface area (Å²) in [6, 6.07) is 7.78. The van der Waals surface area contributed by atoms with Crippen LogP contribution in [0.25, 0.3) is 6.08 Å². The van der Waals surface area contributed by atoms with E-state index in [4.69, 9.17) is 9.47 Å². The van der Waals surface area contributed by atoms with Crippen molar-refractivity contribution in [1.29, 1.82) is 0 Å².